The molecule has 84 valence electrons. The van der Waals surface area contributed by atoms with Crippen molar-refractivity contribution in [3.8, 4) is 10.6 Å². The third-order valence-electron chi connectivity index (χ3n) is 2.30. The molecule has 1 N–H and O–H groups in total. The minimum absolute atomic E-state index is 0.759. The van der Waals surface area contributed by atoms with Gasteiger partial charge < -0.3 is 5.32 Å². The lowest BCUT2D eigenvalue weighted by atomic mass is 10.2. The Labute approximate surface area is 104 Å². The van der Waals surface area contributed by atoms with Crippen molar-refractivity contribution in [2.45, 2.75) is 13.8 Å². The lowest BCUT2D eigenvalue weighted by molar-refractivity contribution is 1.04. The van der Waals surface area contributed by atoms with E-state index in [4.69, 9.17) is 11.6 Å². The summed E-state index contributed by atoms with van der Waals surface area (Å²) in [6.07, 6.45) is 0. The molecule has 0 aromatic carbocycles. The summed E-state index contributed by atoms with van der Waals surface area (Å²) in [6.45, 7) is 3.90. The first kappa shape index (κ1) is 11.4. The number of nitrogens with one attached hydrogen (secondary N) is 1. The molecule has 2 rings (SSSR count). The average Bonchev–Trinajstić information content (AvgIpc) is 2.67. The van der Waals surface area contributed by atoms with Crippen LogP contribution in [0, 0.1) is 13.8 Å². The summed E-state index contributed by atoms with van der Waals surface area (Å²) >= 11 is 7.47. The maximum absolute atomic E-state index is 5.94. The fourth-order valence-corrected chi connectivity index (χ4v) is 2.64. The third-order valence-corrected chi connectivity index (χ3v) is 3.54. The van der Waals surface area contributed by atoms with Crippen LogP contribution in [0.2, 0.25) is 4.34 Å². The molecule has 16 heavy (non-hydrogen) atoms. The van der Waals surface area contributed by atoms with Gasteiger partial charge in [0, 0.05) is 12.6 Å². The van der Waals surface area contributed by atoms with Crippen LogP contribution in [0.25, 0.3) is 10.6 Å². The monoisotopic (exact) mass is 253 g/mol. The Kier molecular flexibility index (Phi) is 3.12. The van der Waals surface area contributed by atoms with Gasteiger partial charge in [-0.2, -0.15) is 0 Å². The predicted molar refractivity (Wildman–Crippen MR) is 69.4 cm³/mol. The lowest BCUT2D eigenvalue weighted by Gasteiger charge is -2.09. The van der Waals surface area contributed by atoms with E-state index in [-0.39, 0.29) is 0 Å². The number of thiophene rings is 1. The normalized spacial score (nSPS) is 10.5. The molecule has 0 spiro atoms. The Morgan fingerprint density at radius 2 is 2.00 bits per heavy atom. The smallest absolute Gasteiger partial charge is 0.133 e. The molecule has 3 nitrogen and oxygen atoms in total. The van der Waals surface area contributed by atoms with Crippen LogP contribution in [-0.4, -0.2) is 17.0 Å². The molecule has 0 fully saturated rings. The van der Waals surface area contributed by atoms with E-state index in [0.29, 0.717) is 0 Å². The summed E-state index contributed by atoms with van der Waals surface area (Å²) in [5.74, 6) is 1.63. The molecule has 0 radical (unpaired) electrons. The van der Waals surface area contributed by atoms with Gasteiger partial charge in [0.25, 0.3) is 0 Å². The molecule has 2 heterocycles. The van der Waals surface area contributed by atoms with Gasteiger partial charge in [0.05, 0.1) is 14.9 Å². The minimum Gasteiger partial charge on any atom is -0.373 e. The van der Waals surface area contributed by atoms with Gasteiger partial charge in [0.15, 0.2) is 0 Å². The van der Waals surface area contributed by atoms with E-state index in [0.717, 1.165) is 32.1 Å². The number of rotatable bonds is 2. The van der Waals surface area contributed by atoms with Crippen LogP contribution in [0.1, 0.15) is 11.4 Å². The number of aryl methyl sites for hydroxylation is 1. The van der Waals surface area contributed by atoms with Gasteiger partial charge in [0.2, 0.25) is 0 Å². The second kappa shape index (κ2) is 4.39. The zero-order valence-corrected chi connectivity index (χ0v) is 10.9. The number of hydrogen-bond acceptors (Lipinski definition) is 4. The summed E-state index contributed by atoms with van der Waals surface area (Å²) in [7, 11) is 1.86. The second-order valence-electron chi connectivity index (χ2n) is 3.45. The highest BCUT2D eigenvalue weighted by atomic mass is 35.5. The van der Waals surface area contributed by atoms with Crippen molar-refractivity contribution in [3.63, 3.8) is 0 Å². The van der Waals surface area contributed by atoms with Gasteiger partial charge in [-0.3, -0.25) is 0 Å². The van der Waals surface area contributed by atoms with Crippen molar-refractivity contribution >= 4 is 28.8 Å². The molecule has 0 bridgehead atoms. The molecule has 0 amide bonds. The second-order valence-corrected chi connectivity index (χ2v) is 5.16. The quantitative estimate of drug-likeness (QED) is 0.890. The maximum Gasteiger partial charge on any atom is 0.133 e. The standard InChI is InChI=1S/C11H12ClN3S/c1-6-10(8-4-5-9(12)16-8)14-7(2)15-11(6)13-3/h4-5H,1-3H3,(H,13,14,15). The van der Waals surface area contributed by atoms with Crippen LogP contribution in [0.5, 0.6) is 0 Å². The van der Waals surface area contributed by atoms with Gasteiger partial charge in [0.1, 0.15) is 11.6 Å². The Morgan fingerprint density at radius 1 is 1.25 bits per heavy atom. The van der Waals surface area contributed by atoms with Crippen molar-refractivity contribution < 1.29 is 0 Å². The maximum atomic E-state index is 5.94. The van der Waals surface area contributed by atoms with Crippen molar-refractivity contribution in [2.75, 3.05) is 12.4 Å². The number of anilines is 1. The first-order valence-corrected chi connectivity index (χ1v) is 6.10. The SMILES string of the molecule is CNc1nc(C)nc(-c2ccc(Cl)s2)c1C. The number of halogens is 1. The van der Waals surface area contributed by atoms with E-state index in [2.05, 4.69) is 15.3 Å². The van der Waals surface area contributed by atoms with Crippen molar-refractivity contribution in [3.05, 3.63) is 27.9 Å². The summed E-state index contributed by atoms with van der Waals surface area (Å²) < 4.78 is 0.775. The first-order valence-electron chi connectivity index (χ1n) is 4.90. The van der Waals surface area contributed by atoms with Crippen molar-refractivity contribution in [1.82, 2.24) is 9.97 Å². The molecule has 0 saturated heterocycles. The molecule has 0 aliphatic rings. The van der Waals surface area contributed by atoms with Crippen LogP contribution in [0.4, 0.5) is 5.82 Å². The van der Waals surface area contributed by atoms with Gasteiger partial charge in [-0.05, 0) is 26.0 Å². The van der Waals surface area contributed by atoms with E-state index in [9.17, 15) is 0 Å². The number of nitrogens with zero attached hydrogens (tertiary/aromatic N) is 2. The molecule has 0 saturated carbocycles. The van der Waals surface area contributed by atoms with Gasteiger partial charge in [-0.15, -0.1) is 11.3 Å². The highest BCUT2D eigenvalue weighted by molar-refractivity contribution is 7.19. The van der Waals surface area contributed by atoms with Gasteiger partial charge >= 0.3 is 0 Å². The fraction of sp³-hybridized carbons (Fsp3) is 0.273. The van der Waals surface area contributed by atoms with E-state index in [1.165, 1.54) is 11.3 Å². The minimum atomic E-state index is 0.759. The summed E-state index contributed by atoms with van der Waals surface area (Å²) in [5.41, 5.74) is 2.00. The third kappa shape index (κ3) is 2.03. The molecule has 2 aromatic rings. The topological polar surface area (TPSA) is 37.8 Å². The molecule has 2 aromatic heterocycles. The van der Waals surface area contributed by atoms with E-state index >= 15 is 0 Å². The summed E-state index contributed by atoms with van der Waals surface area (Å²) in [4.78, 5) is 9.87. The van der Waals surface area contributed by atoms with Gasteiger partial charge in [-0.1, -0.05) is 11.6 Å². The Balaban J connectivity index is 2.60. The lowest BCUT2D eigenvalue weighted by Crippen LogP contribution is -2.01. The molecule has 0 unspecified atom stereocenters. The van der Waals surface area contributed by atoms with Crippen LogP contribution in [0.15, 0.2) is 12.1 Å². The largest absolute Gasteiger partial charge is 0.373 e. The number of hydrogen-bond donors (Lipinski definition) is 1. The highest BCUT2D eigenvalue weighted by Crippen LogP contribution is 2.33. The van der Waals surface area contributed by atoms with Crippen LogP contribution in [-0.2, 0) is 0 Å². The summed E-state index contributed by atoms with van der Waals surface area (Å²) in [5, 5.41) is 3.07. The zero-order chi connectivity index (χ0) is 11.7. The van der Waals surface area contributed by atoms with Crippen molar-refractivity contribution in [1.29, 1.82) is 0 Å². The molecule has 0 aliphatic carbocycles. The first-order chi connectivity index (χ1) is 7.61. The van der Waals surface area contributed by atoms with Crippen LogP contribution in [0.3, 0.4) is 0 Å². The van der Waals surface area contributed by atoms with E-state index in [1.807, 2.05) is 33.0 Å². The Bertz CT molecular complexity index is 522. The van der Waals surface area contributed by atoms with Crippen LogP contribution < -0.4 is 5.32 Å². The highest BCUT2D eigenvalue weighted by Gasteiger charge is 2.11. The molecule has 0 aliphatic heterocycles. The molecule has 0 atom stereocenters. The summed E-state index contributed by atoms with van der Waals surface area (Å²) in [6, 6.07) is 3.87. The van der Waals surface area contributed by atoms with E-state index in [1.54, 1.807) is 0 Å². The average molecular weight is 254 g/mol. The molecular formula is C11H12ClN3S. The predicted octanol–water partition coefficient (Wildman–Crippen LogP) is 3.52. The Morgan fingerprint density at radius 3 is 2.56 bits per heavy atom. The fourth-order valence-electron chi connectivity index (χ4n) is 1.55. The zero-order valence-electron chi connectivity index (χ0n) is 9.34. The number of aromatic nitrogens is 2. The Hall–Kier alpha value is -1.13. The molecule has 5 heteroatoms. The van der Waals surface area contributed by atoms with Crippen LogP contribution >= 0.6 is 22.9 Å². The molecular weight excluding hydrogens is 242 g/mol. The van der Waals surface area contributed by atoms with Crippen molar-refractivity contribution in [2.24, 2.45) is 0 Å². The van der Waals surface area contributed by atoms with Gasteiger partial charge in [-0.25, -0.2) is 9.97 Å². The van der Waals surface area contributed by atoms with E-state index < -0.39 is 0 Å².